The number of rotatable bonds is 8. The van der Waals surface area contributed by atoms with E-state index in [1.165, 1.54) is 19.2 Å². The van der Waals surface area contributed by atoms with Crippen LogP contribution in [0.1, 0.15) is 5.56 Å². The number of hydrogen-bond acceptors (Lipinski definition) is 9. The molecular weight excluding hydrogens is 488 g/mol. The Kier molecular flexibility index (Phi) is 7.25. The van der Waals surface area contributed by atoms with E-state index in [2.05, 4.69) is 10.3 Å². The van der Waals surface area contributed by atoms with Crippen LogP contribution in [-0.2, 0) is 9.59 Å². The van der Waals surface area contributed by atoms with Crippen molar-refractivity contribution < 1.29 is 28.8 Å². The van der Waals surface area contributed by atoms with Gasteiger partial charge in [-0.1, -0.05) is 12.1 Å². The highest BCUT2D eigenvalue weighted by atomic mass is 32.2. The number of carbonyl (C=O) groups excluding carboxylic acids is 3. The number of nitrogens with one attached hydrogen (secondary N) is 1. The molecule has 2 heterocycles. The molecule has 1 fully saturated rings. The maximum atomic E-state index is 12.7. The van der Waals surface area contributed by atoms with Gasteiger partial charge in [0.1, 0.15) is 24.2 Å². The number of thioether (sulfide) groups is 1. The smallest absolute Gasteiger partial charge is 0.294 e. The lowest BCUT2D eigenvalue weighted by Gasteiger charge is -2.12. The third-order valence-electron chi connectivity index (χ3n) is 4.88. The van der Waals surface area contributed by atoms with Gasteiger partial charge in [-0.05, 0) is 59.8 Å². The molecule has 36 heavy (non-hydrogen) atoms. The van der Waals surface area contributed by atoms with Crippen LogP contribution >= 0.6 is 11.8 Å². The summed E-state index contributed by atoms with van der Waals surface area (Å²) in [6.07, 6.45) is 2.64. The lowest BCUT2D eigenvalue weighted by molar-refractivity contribution is -0.385. The molecule has 0 unspecified atom stereocenters. The molecule has 1 N–H and O–H groups in total. The average Bonchev–Trinajstić information content (AvgIpc) is 3.13. The molecule has 182 valence electrons. The molecule has 0 aliphatic carbocycles. The van der Waals surface area contributed by atoms with E-state index in [1.807, 2.05) is 0 Å². The molecule has 3 aromatic rings. The maximum absolute atomic E-state index is 12.7. The fraction of sp³-hybridized carbons (Fsp3) is 0.0833. The normalized spacial score (nSPS) is 14.1. The van der Waals surface area contributed by atoms with Gasteiger partial charge in [0.25, 0.3) is 16.8 Å². The van der Waals surface area contributed by atoms with E-state index in [4.69, 9.17) is 9.47 Å². The fourth-order valence-corrected chi connectivity index (χ4v) is 3.94. The van der Waals surface area contributed by atoms with Crippen LogP contribution in [0.25, 0.3) is 6.08 Å². The van der Waals surface area contributed by atoms with Gasteiger partial charge in [0, 0.05) is 17.8 Å². The predicted octanol–water partition coefficient (Wildman–Crippen LogP) is 4.47. The zero-order valence-electron chi connectivity index (χ0n) is 18.7. The number of methoxy groups -OCH3 is 1. The standard InChI is InChI=1S/C24H18N4O7S/c1-34-18-9-4-16(5-10-18)26-21(29)14-27-23(30)20(36-24(27)31)12-15-2-7-19(8-3-15)35-22-11-6-17(13-25-22)28(32)33/h2-13H,14H2,1H3,(H,26,29)/b20-12-. The van der Waals surface area contributed by atoms with Gasteiger partial charge in [0.15, 0.2) is 0 Å². The van der Waals surface area contributed by atoms with Crippen LogP contribution in [0.4, 0.5) is 16.2 Å². The molecule has 1 saturated heterocycles. The van der Waals surface area contributed by atoms with Crippen molar-refractivity contribution in [2.45, 2.75) is 0 Å². The predicted molar refractivity (Wildman–Crippen MR) is 132 cm³/mol. The minimum Gasteiger partial charge on any atom is -0.497 e. The molecule has 2 aromatic carbocycles. The lowest BCUT2D eigenvalue weighted by atomic mass is 10.2. The molecule has 1 aliphatic heterocycles. The highest BCUT2D eigenvalue weighted by Crippen LogP contribution is 2.32. The van der Waals surface area contributed by atoms with Crippen molar-refractivity contribution in [3.63, 3.8) is 0 Å². The summed E-state index contributed by atoms with van der Waals surface area (Å²) in [7, 11) is 1.53. The highest BCUT2D eigenvalue weighted by molar-refractivity contribution is 8.18. The van der Waals surface area contributed by atoms with Crippen LogP contribution in [0.5, 0.6) is 17.4 Å². The Bertz CT molecular complexity index is 1340. The van der Waals surface area contributed by atoms with Crippen LogP contribution in [0.2, 0.25) is 0 Å². The van der Waals surface area contributed by atoms with Gasteiger partial charge < -0.3 is 14.8 Å². The zero-order chi connectivity index (χ0) is 25.7. The van der Waals surface area contributed by atoms with Gasteiger partial charge in [-0.2, -0.15) is 0 Å². The second-order valence-electron chi connectivity index (χ2n) is 7.33. The highest BCUT2D eigenvalue weighted by Gasteiger charge is 2.36. The van der Waals surface area contributed by atoms with E-state index in [0.29, 0.717) is 22.7 Å². The largest absolute Gasteiger partial charge is 0.497 e. The summed E-state index contributed by atoms with van der Waals surface area (Å²) in [5.74, 6) is 0.168. The van der Waals surface area contributed by atoms with Crippen molar-refractivity contribution in [1.82, 2.24) is 9.88 Å². The van der Waals surface area contributed by atoms with E-state index in [1.54, 1.807) is 54.6 Å². The van der Waals surface area contributed by atoms with Gasteiger partial charge in [-0.3, -0.25) is 29.4 Å². The molecule has 3 amide bonds. The molecular formula is C24H18N4O7S. The van der Waals surface area contributed by atoms with Gasteiger partial charge in [0.05, 0.1) is 16.9 Å². The van der Waals surface area contributed by atoms with Crippen molar-refractivity contribution >= 4 is 46.3 Å². The van der Waals surface area contributed by atoms with Crippen LogP contribution in [0.3, 0.4) is 0 Å². The van der Waals surface area contributed by atoms with Gasteiger partial charge in [0.2, 0.25) is 11.8 Å². The average molecular weight is 506 g/mol. The van der Waals surface area contributed by atoms with E-state index in [-0.39, 0.29) is 16.5 Å². The second kappa shape index (κ2) is 10.7. The number of ether oxygens (including phenoxy) is 2. The number of nitrogens with zero attached hydrogens (tertiary/aromatic N) is 3. The topological polar surface area (TPSA) is 141 Å². The molecule has 1 aliphatic rings. The SMILES string of the molecule is COc1ccc(NC(=O)CN2C(=O)S/C(=C\c3ccc(Oc4ccc([N+](=O)[O-])cn4)cc3)C2=O)cc1. The number of pyridine rings is 1. The van der Waals surface area contributed by atoms with Crippen molar-refractivity contribution in [3.8, 4) is 17.4 Å². The Morgan fingerprint density at radius 3 is 2.39 bits per heavy atom. The van der Waals surface area contributed by atoms with Gasteiger partial charge in [-0.15, -0.1) is 0 Å². The number of amides is 3. The number of benzene rings is 2. The summed E-state index contributed by atoms with van der Waals surface area (Å²) in [6.45, 7) is -0.414. The van der Waals surface area contributed by atoms with Gasteiger partial charge in [-0.25, -0.2) is 4.98 Å². The Balaban J connectivity index is 1.37. The molecule has 0 radical (unpaired) electrons. The summed E-state index contributed by atoms with van der Waals surface area (Å²) < 4.78 is 10.6. The lowest BCUT2D eigenvalue weighted by Crippen LogP contribution is -2.36. The third-order valence-corrected chi connectivity index (χ3v) is 5.79. The second-order valence-corrected chi connectivity index (χ2v) is 8.32. The Hall–Kier alpha value is -4.71. The van der Waals surface area contributed by atoms with Crippen molar-refractivity contribution in [1.29, 1.82) is 0 Å². The molecule has 11 nitrogen and oxygen atoms in total. The van der Waals surface area contributed by atoms with Crippen molar-refractivity contribution in [2.24, 2.45) is 0 Å². The third kappa shape index (κ3) is 5.85. The molecule has 0 bridgehead atoms. The molecule has 0 atom stereocenters. The van der Waals surface area contributed by atoms with Crippen LogP contribution in [-0.4, -0.2) is 45.5 Å². The zero-order valence-corrected chi connectivity index (χ0v) is 19.6. The number of carbonyl (C=O) groups is 3. The number of nitro groups is 1. The molecule has 12 heteroatoms. The Morgan fingerprint density at radius 2 is 1.78 bits per heavy atom. The Morgan fingerprint density at radius 1 is 1.08 bits per heavy atom. The number of anilines is 1. The van der Waals surface area contributed by atoms with E-state index in [0.717, 1.165) is 22.9 Å². The summed E-state index contributed by atoms with van der Waals surface area (Å²) in [6, 6.07) is 15.9. The molecule has 0 spiro atoms. The monoisotopic (exact) mass is 506 g/mol. The fourth-order valence-electron chi connectivity index (χ4n) is 3.10. The quantitative estimate of drug-likeness (QED) is 0.266. The minimum atomic E-state index is -0.565. The summed E-state index contributed by atoms with van der Waals surface area (Å²) in [5.41, 5.74) is 0.992. The van der Waals surface area contributed by atoms with Gasteiger partial charge >= 0.3 is 0 Å². The number of hydrogen-bond donors (Lipinski definition) is 1. The van der Waals surface area contributed by atoms with E-state index < -0.39 is 28.5 Å². The number of imide groups is 1. The summed E-state index contributed by atoms with van der Waals surface area (Å²) in [5, 5.41) is 12.8. The van der Waals surface area contributed by atoms with E-state index >= 15 is 0 Å². The van der Waals surface area contributed by atoms with Crippen LogP contribution < -0.4 is 14.8 Å². The summed E-state index contributed by atoms with van der Waals surface area (Å²) >= 11 is 0.746. The van der Waals surface area contributed by atoms with Crippen molar-refractivity contribution in [3.05, 3.63) is 87.4 Å². The number of aromatic nitrogens is 1. The van der Waals surface area contributed by atoms with E-state index in [9.17, 15) is 24.5 Å². The summed E-state index contributed by atoms with van der Waals surface area (Å²) in [4.78, 5) is 52.5. The van der Waals surface area contributed by atoms with Crippen LogP contribution in [0, 0.1) is 10.1 Å². The molecule has 1 aromatic heterocycles. The van der Waals surface area contributed by atoms with Crippen molar-refractivity contribution in [2.75, 3.05) is 19.0 Å². The minimum absolute atomic E-state index is 0.148. The Labute approximate surface area is 208 Å². The molecule has 4 rings (SSSR count). The first-order valence-electron chi connectivity index (χ1n) is 10.4. The first-order chi connectivity index (χ1) is 17.3. The first kappa shape index (κ1) is 24.4. The van der Waals surface area contributed by atoms with Crippen LogP contribution in [0.15, 0.2) is 71.8 Å². The molecule has 0 saturated carbocycles. The first-order valence-corrected chi connectivity index (χ1v) is 11.2. The maximum Gasteiger partial charge on any atom is 0.294 e.